The summed E-state index contributed by atoms with van der Waals surface area (Å²) >= 11 is 18.1. The first kappa shape index (κ1) is 19.0. The van der Waals surface area contributed by atoms with E-state index >= 15 is 0 Å². The first-order chi connectivity index (χ1) is 9.77. The van der Waals surface area contributed by atoms with Crippen LogP contribution in [0.3, 0.4) is 0 Å². The monoisotopic (exact) mass is 372 g/mol. The molecule has 0 aromatic heterocycles. The van der Waals surface area contributed by atoms with Gasteiger partial charge in [0.2, 0.25) is 10.0 Å². The quantitative estimate of drug-likeness (QED) is 0.561. The summed E-state index contributed by atoms with van der Waals surface area (Å²) in [7, 11) is -3.13. The number of nitrogens with one attached hydrogen (secondary N) is 1. The Morgan fingerprint density at radius 3 is 2.38 bits per heavy atom. The summed E-state index contributed by atoms with van der Waals surface area (Å²) in [5.74, 6) is 0. The minimum Gasteiger partial charge on any atom is -0.313 e. The van der Waals surface area contributed by atoms with E-state index in [9.17, 15) is 8.42 Å². The van der Waals surface area contributed by atoms with E-state index in [4.69, 9.17) is 34.8 Å². The maximum absolute atomic E-state index is 11.4. The Morgan fingerprint density at radius 1 is 1.19 bits per heavy atom. The van der Waals surface area contributed by atoms with Gasteiger partial charge in [-0.05, 0) is 25.1 Å². The SMILES string of the molecule is CCN(CCCNCc1c(Cl)ccc(Cl)c1Cl)S(C)(=O)=O. The Hall–Kier alpha value is -0.0400. The van der Waals surface area contributed by atoms with Crippen molar-refractivity contribution in [2.75, 3.05) is 25.9 Å². The van der Waals surface area contributed by atoms with Gasteiger partial charge in [-0.3, -0.25) is 0 Å². The van der Waals surface area contributed by atoms with E-state index in [2.05, 4.69) is 5.32 Å². The van der Waals surface area contributed by atoms with Crippen LogP contribution >= 0.6 is 34.8 Å². The van der Waals surface area contributed by atoms with Gasteiger partial charge in [-0.1, -0.05) is 41.7 Å². The summed E-state index contributed by atoms with van der Waals surface area (Å²) in [6.45, 7) is 3.93. The van der Waals surface area contributed by atoms with Crippen molar-refractivity contribution in [3.8, 4) is 0 Å². The average molecular weight is 374 g/mol. The number of hydrogen-bond acceptors (Lipinski definition) is 3. The lowest BCUT2D eigenvalue weighted by Gasteiger charge is -2.17. The van der Waals surface area contributed by atoms with Crippen molar-refractivity contribution in [3.05, 3.63) is 32.8 Å². The van der Waals surface area contributed by atoms with E-state index in [-0.39, 0.29) is 0 Å². The highest BCUT2D eigenvalue weighted by Gasteiger charge is 2.13. The van der Waals surface area contributed by atoms with Crippen molar-refractivity contribution >= 4 is 44.8 Å². The Bertz CT molecular complexity index is 579. The molecule has 1 N–H and O–H groups in total. The fraction of sp³-hybridized carbons (Fsp3) is 0.538. The minimum absolute atomic E-state index is 0.447. The molecular formula is C13H19Cl3N2O2S. The van der Waals surface area contributed by atoms with Crippen LogP contribution in [0.15, 0.2) is 12.1 Å². The Labute approximate surface area is 141 Å². The molecule has 0 radical (unpaired) electrons. The van der Waals surface area contributed by atoms with Crippen molar-refractivity contribution in [3.63, 3.8) is 0 Å². The van der Waals surface area contributed by atoms with E-state index in [1.54, 1.807) is 12.1 Å². The van der Waals surface area contributed by atoms with Crippen molar-refractivity contribution in [2.24, 2.45) is 0 Å². The third-order valence-corrected chi connectivity index (χ3v) is 5.60. The number of benzene rings is 1. The fourth-order valence-electron chi connectivity index (χ4n) is 1.88. The molecule has 1 aromatic rings. The van der Waals surface area contributed by atoms with Crippen molar-refractivity contribution in [1.29, 1.82) is 0 Å². The van der Waals surface area contributed by atoms with E-state index in [0.717, 1.165) is 5.56 Å². The molecule has 1 rings (SSSR count). The van der Waals surface area contributed by atoms with Crippen LogP contribution in [0, 0.1) is 0 Å². The van der Waals surface area contributed by atoms with Crippen molar-refractivity contribution < 1.29 is 8.42 Å². The Balaban J connectivity index is 2.44. The second kappa shape index (κ2) is 8.56. The molecule has 0 amide bonds. The summed E-state index contributed by atoms with van der Waals surface area (Å²) in [4.78, 5) is 0. The molecule has 4 nitrogen and oxygen atoms in total. The second-order valence-electron chi connectivity index (χ2n) is 4.61. The topological polar surface area (TPSA) is 49.4 Å². The molecule has 0 spiro atoms. The lowest BCUT2D eigenvalue weighted by atomic mass is 10.2. The molecule has 0 saturated heterocycles. The highest BCUT2D eigenvalue weighted by atomic mass is 35.5. The van der Waals surface area contributed by atoms with E-state index < -0.39 is 10.0 Å². The first-order valence-corrected chi connectivity index (χ1v) is 9.53. The third-order valence-electron chi connectivity index (χ3n) is 3.02. The van der Waals surface area contributed by atoms with Crippen molar-refractivity contribution in [2.45, 2.75) is 19.9 Å². The van der Waals surface area contributed by atoms with Gasteiger partial charge in [-0.2, -0.15) is 0 Å². The van der Waals surface area contributed by atoms with Gasteiger partial charge in [-0.25, -0.2) is 12.7 Å². The zero-order valence-electron chi connectivity index (χ0n) is 12.0. The molecule has 0 aliphatic heterocycles. The number of hydrogen-bond donors (Lipinski definition) is 1. The molecule has 1 aromatic carbocycles. The van der Waals surface area contributed by atoms with E-state index in [0.29, 0.717) is 47.7 Å². The molecule has 0 atom stereocenters. The van der Waals surface area contributed by atoms with Crippen LogP contribution in [0.1, 0.15) is 18.9 Å². The van der Waals surface area contributed by atoms with Gasteiger partial charge in [0.15, 0.2) is 0 Å². The van der Waals surface area contributed by atoms with Gasteiger partial charge in [0.25, 0.3) is 0 Å². The molecule has 0 heterocycles. The summed E-state index contributed by atoms with van der Waals surface area (Å²) in [6, 6.07) is 3.36. The smallest absolute Gasteiger partial charge is 0.211 e. The van der Waals surface area contributed by atoms with Crippen LogP contribution in [0.25, 0.3) is 0 Å². The van der Waals surface area contributed by atoms with Crippen LogP contribution in [0.4, 0.5) is 0 Å². The predicted octanol–water partition coefficient (Wildman–Crippen LogP) is 3.41. The summed E-state index contributed by atoms with van der Waals surface area (Å²) in [5.41, 5.74) is 0.751. The molecule has 21 heavy (non-hydrogen) atoms. The third kappa shape index (κ3) is 5.93. The average Bonchev–Trinajstić information content (AvgIpc) is 2.40. The number of rotatable bonds is 8. The first-order valence-electron chi connectivity index (χ1n) is 6.55. The Morgan fingerprint density at radius 2 is 1.81 bits per heavy atom. The van der Waals surface area contributed by atoms with Gasteiger partial charge < -0.3 is 5.32 Å². The molecule has 0 aliphatic carbocycles. The second-order valence-corrected chi connectivity index (χ2v) is 7.78. The van der Waals surface area contributed by atoms with Gasteiger partial charge in [-0.15, -0.1) is 0 Å². The standard InChI is InChI=1S/C13H19Cl3N2O2S/c1-3-18(21(2,19)20)8-4-7-17-9-10-11(14)5-6-12(15)13(10)16/h5-6,17H,3-4,7-9H2,1-2H3. The normalized spacial score (nSPS) is 12.1. The number of sulfonamides is 1. The number of halogens is 3. The lowest BCUT2D eigenvalue weighted by Crippen LogP contribution is -2.32. The van der Waals surface area contributed by atoms with Crippen LogP contribution < -0.4 is 5.32 Å². The van der Waals surface area contributed by atoms with Gasteiger partial charge >= 0.3 is 0 Å². The maximum atomic E-state index is 11.4. The Kier molecular flexibility index (Phi) is 7.74. The molecule has 120 valence electrons. The predicted molar refractivity (Wildman–Crippen MR) is 89.9 cm³/mol. The highest BCUT2D eigenvalue weighted by Crippen LogP contribution is 2.31. The fourth-order valence-corrected chi connectivity index (χ4v) is 3.49. The molecular weight excluding hydrogens is 355 g/mol. The largest absolute Gasteiger partial charge is 0.313 e. The van der Waals surface area contributed by atoms with Crippen LogP contribution in [0.5, 0.6) is 0 Å². The van der Waals surface area contributed by atoms with E-state index in [1.807, 2.05) is 6.92 Å². The van der Waals surface area contributed by atoms with Crippen LogP contribution in [0.2, 0.25) is 15.1 Å². The molecule has 0 saturated carbocycles. The zero-order valence-corrected chi connectivity index (χ0v) is 15.1. The summed E-state index contributed by atoms with van der Waals surface area (Å²) in [6.07, 6.45) is 1.92. The summed E-state index contributed by atoms with van der Waals surface area (Å²) in [5, 5.41) is 4.66. The van der Waals surface area contributed by atoms with Crippen molar-refractivity contribution in [1.82, 2.24) is 9.62 Å². The van der Waals surface area contributed by atoms with Crippen LogP contribution in [-0.4, -0.2) is 38.6 Å². The van der Waals surface area contributed by atoms with Gasteiger partial charge in [0, 0.05) is 30.2 Å². The molecule has 0 unspecified atom stereocenters. The van der Waals surface area contributed by atoms with Crippen LogP contribution in [-0.2, 0) is 16.6 Å². The summed E-state index contributed by atoms with van der Waals surface area (Å²) < 4.78 is 24.3. The maximum Gasteiger partial charge on any atom is 0.211 e. The minimum atomic E-state index is -3.13. The molecule has 8 heteroatoms. The molecule has 0 aliphatic rings. The molecule has 0 fully saturated rings. The number of nitrogens with zero attached hydrogens (tertiary/aromatic N) is 1. The molecule has 0 bridgehead atoms. The van der Waals surface area contributed by atoms with Gasteiger partial charge in [0.05, 0.1) is 16.3 Å². The van der Waals surface area contributed by atoms with Gasteiger partial charge in [0.1, 0.15) is 0 Å². The van der Waals surface area contributed by atoms with E-state index in [1.165, 1.54) is 10.6 Å². The lowest BCUT2D eigenvalue weighted by molar-refractivity contribution is 0.419. The highest BCUT2D eigenvalue weighted by molar-refractivity contribution is 7.88. The zero-order chi connectivity index (χ0) is 16.0.